The Morgan fingerprint density at radius 3 is 3.05 bits per heavy atom. The van der Waals surface area contributed by atoms with E-state index in [2.05, 4.69) is 31.3 Å². The van der Waals surface area contributed by atoms with Gasteiger partial charge in [-0.25, -0.2) is 9.67 Å². The van der Waals surface area contributed by atoms with Crippen LogP contribution in [0.5, 0.6) is 5.75 Å². The van der Waals surface area contributed by atoms with E-state index in [0.29, 0.717) is 30.6 Å². The van der Waals surface area contributed by atoms with Crippen molar-refractivity contribution in [3.8, 4) is 17.1 Å². The van der Waals surface area contributed by atoms with E-state index < -0.39 is 0 Å². The first-order valence-electron chi connectivity index (χ1n) is 5.90. The van der Waals surface area contributed by atoms with Gasteiger partial charge in [-0.2, -0.15) is 0 Å². The van der Waals surface area contributed by atoms with Crippen molar-refractivity contribution in [3.05, 3.63) is 24.5 Å². The molecule has 6 nitrogen and oxygen atoms in total. The van der Waals surface area contributed by atoms with E-state index in [1.807, 2.05) is 12.1 Å². The zero-order valence-corrected chi connectivity index (χ0v) is 13.9. The average molecular weight is 406 g/mol. The van der Waals surface area contributed by atoms with Crippen LogP contribution in [0.2, 0.25) is 0 Å². The lowest BCUT2D eigenvalue weighted by atomic mass is 10.1. The summed E-state index contributed by atoms with van der Waals surface area (Å²) in [7, 11) is 3.30. The van der Waals surface area contributed by atoms with Crippen LogP contribution in [0.25, 0.3) is 11.4 Å². The molecule has 2 rings (SSSR count). The first-order valence-corrected chi connectivity index (χ1v) is 9.42. The number of rotatable bonds is 7. The molecule has 0 fully saturated rings. The first kappa shape index (κ1) is 15.4. The summed E-state index contributed by atoms with van der Waals surface area (Å²) in [4.78, 5) is 4.26. The number of hydrogen-bond donors (Lipinski definition) is 1. The summed E-state index contributed by atoms with van der Waals surface area (Å²) in [5, 5.41) is 4.36. The minimum Gasteiger partial charge on any atom is -0.494 e. The summed E-state index contributed by atoms with van der Waals surface area (Å²) >= 11 is 2.24. The molecule has 1 aromatic carbocycles. The van der Waals surface area contributed by atoms with Crippen LogP contribution in [0.3, 0.4) is 0 Å². The van der Waals surface area contributed by atoms with Crippen molar-refractivity contribution in [1.29, 1.82) is 0 Å². The van der Waals surface area contributed by atoms with E-state index in [0.717, 1.165) is 11.3 Å². The number of anilines is 1. The molecule has 0 aliphatic carbocycles. The molecule has 0 bridgehead atoms. The number of nitrogen functional groups attached to an aromatic ring is 1. The van der Waals surface area contributed by atoms with Crippen LogP contribution in [-0.2, 0) is 11.5 Å². The fraction of sp³-hybridized carbons (Fsp3) is 0.333. The number of nitrogens with zero attached hydrogens (tertiary/aromatic N) is 3. The average Bonchev–Trinajstić information content (AvgIpc) is 2.92. The summed E-state index contributed by atoms with van der Waals surface area (Å²) in [6, 6.07) is 5.51. The third-order valence-corrected chi connectivity index (χ3v) is 4.20. The zero-order chi connectivity index (χ0) is 14.4. The van der Waals surface area contributed by atoms with Crippen molar-refractivity contribution in [2.45, 2.75) is 6.73 Å². The molecule has 2 N–H and O–H groups in total. The van der Waals surface area contributed by atoms with E-state index in [4.69, 9.17) is 15.2 Å². The van der Waals surface area contributed by atoms with E-state index in [1.54, 1.807) is 33.1 Å². The normalized spacial score (nSPS) is 10.7. The number of methoxy groups -OCH3 is 1. The molecule has 8 heteroatoms. The molecule has 2 aromatic rings. The van der Waals surface area contributed by atoms with Crippen molar-refractivity contribution < 1.29 is 9.47 Å². The Bertz CT molecular complexity index is 564. The van der Waals surface area contributed by atoms with Gasteiger partial charge in [-0.1, -0.05) is 15.0 Å². The molecule has 0 unspecified atom stereocenters. The fourth-order valence-corrected chi connectivity index (χ4v) is 2.41. The SMILES string of the molecule is COc1c(N)cccc1-c1ncn(COCCSI)n1. The second-order valence-electron chi connectivity index (χ2n) is 3.89. The molecule has 1 heterocycles. The minimum absolute atomic E-state index is 0.384. The predicted octanol–water partition coefficient (Wildman–Crippen LogP) is 2.59. The summed E-state index contributed by atoms with van der Waals surface area (Å²) in [6.07, 6.45) is 1.63. The van der Waals surface area contributed by atoms with Crippen LogP contribution in [0.15, 0.2) is 24.5 Å². The van der Waals surface area contributed by atoms with Gasteiger partial charge in [-0.3, -0.25) is 0 Å². The number of nitrogens with two attached hydrogens (primary N) is 1. The maximum absolute atomic E-state index is 5.87. The van der Waals surface area contributed by atoms with Crippen LogP contribution < -0.4 is 10.5 Å². The maximum Gasteiger partial charge on any atom is 0.185 e. The van der Waals surface area contributed by atoms with Gasteiger partial charge in [-0.05, 0) is 33.3 Å². The van der Waals surface area contributed by atoms with Crippen molar-refractivity contribution >= 4 is 35.8 Å². The Hall–Kier alpha value is -1.00. The largest absolute Gasteiger partial charge is 0.494 e. The van der Waals surface area contributed by atoms with Gasteiger partial charge >= 0.3 is 0 Å². The minimum atomic E-state index is 0.384. The third kappa shape index (κ3) is 3.76. The van der Waals surface area contributed by atoms with Crippen LogP contribution in [-0.4, -0.2) is 34.2 Å². The monoisotopic (exact) mass is 406 g/mol. The molecule has 20 heavy (non-hydrogen) atoms. The standard InChI is InChI=1S/C12H15IN4O2S/c1-18-11-9(3-2-4-10(11)14)12-15-7-17(16-12)8-19-5-6-20-13/h2-4,7H,5-6,8,14H2,1H3. The Kier molecular flexibility index (Phi) is 5.92. The fourth-order valence-electron chi connectivity index (χ4n) is 1.69. The molecule has 0 saturated heterocycles. The van der Waals surface area contributed by atoms with Gasteiger partial charge in [0.2, 0.25) is 0 Å². The first-order chi connectivity index (χ1) is 9.76. The van der Waals surface area contributed by atoms with Crippen LogP contribution in [0.1, 0.15) is 0 Å². The Morgan fingerprint density at radius 2 is 2.30 bits per heavy atom. The summed E-state index contributed by atoms with van der Waals surface area (Å²) in [6.45, 7) is 1.07. The van der Waals surface area contributed by atoms with Gasteiger partial charge in [0.25, 0.3) is 0 Å². The van der Waals surface area contributed by atoms with Gasteiger partial charge in [0.15, 0.2) is 11.6 Å². The highest BCUT2D eigenvalue weighted by atomic mass is 127. The number of halogens is 1. The highest BCUT2D eigenvalue weighted by Gasteiger charge is 2.12. The summed E-state index contributed by atoms with van der Waals surface area (Å²) in [5.41, 5.74) is 7.21. The Morgan fingerprint density at radius 1 is 1.45 bits per heavy atom. The molecule has 1 aromatic heterocycles. The molecule has 108 valence electrons. The lowest BCUT2D eigenvalue weighted by Crippen LogP contribution is -2.05. The van der Waals surface area contributed by atoms with E-state index in [1.165, 1.54) is 0 Å². The van der Waals surface area contributed by atoms with Crippen molar-refractivity contribution in [1.82, 2.24) is 14.8 Å². The highest BCUT2D eigenvalue weighted by molar-refractivity contribution is 14.2. The quantitative estimate of drug-likeness (QED) is 0.433. The lowest BCUT2D eigenvalue weighted by Gasteiger charge is -2.08. The van der Waals surface area contributed by atoms with Gasteiger partial charge in [0.05, 0.1) is 25.0 Å². The van der Waals surface area contributed by atoms with Crippen molar-refractivity contribution in [2.75, 3.05) is 25.2 Å². The highest BCUT2D eigenvalue weighted by Crippen LogP contribution is 2.32. The predicted molar refractivity (Wildman–Crippen MR) is 88.9 cm³/mol. The van der Waals surface area contributed by atoms with Gasteiger partial charge in [0, 0.05) is 5.75 Å². The number of hydrogen-bond acceptors (Lipinski definition) is 6. The molecule has 0 amide bonds. The lowest BCUT2D eigenvalue weighted by molar-refractivity contribution is 0.0812. The van der Waals surface area contributed by atoms with Gasteiger partial charge in [0.1, 0.15) is 13.1 Å². The molecular formula is C12H15IN4O2S. The number of ether oxygens (including phenoxy) is 2. The molecule has 0 atom stereocenters. The van der Waals surface area contributed by atoms with Crippen LogP contribution in [0, 0.1) is 0 Å². The second kappa shape index (κ2) is 7.70. The number of para-hydroxylation sites is 1. The van der Waals surface area contributed by atoms with E-state index >= 15 is 0 Å². The third-order valence-electron chi connectivity index (χ3n) is 2.56. The summed E-state index contributed by atoms with van der Waals surface area (Å²) < 4.78 is 12.4. The topological polar surface area (TPSA) is 75.2 Å². The smallest absolute Gasteiger partial charge is 0.185 e. The second-order valence-corrected chi connectivity index (χ2v) is 6.38. The maximum atomic E-state index is 5.87. The molecule has 0 aliphatic heterocycles. The van der Waals surface area contributed by atoms with Gasteiger partial charge < -0.3 is 15.2 Å². The molecule has 0 radical (unpaired) electrons. The van der Waals surface area contributed by atoms with Crippen molar-refractivity contribution in [2.24, 2.45) is 0 Å². The molecular weight excluding hydrogens is 391 g/mol. The number of benzene rings is 1. The summed E-state index contributed by atoms with van der Waals surface area (Å²) in [5.74, 6) is 2.11. The molecule has 0 aliphatic rings. The Labute approximate surface area is 133 Å². The zero-order valence-electron chi connectivity index (χ0n) is 11.0. The molecule has 0 spiro atoms. The van der Waals surface area contributed by atoms with E-state index in [9.17, 15) is 0 Å². The van der Waals surface area contributed by atoms with Crippen LogP contribution >= 0.6 is 30.1 Å². The van der Waals surface area contributed by atoms with Gasteiger partial charge in [-0.15, -0.1) is 5.10 Å². The van der Waals surface area contributed by atoms with E-state index in [-0.39, 0.29) is 0 Å². The molecule has 0 saturated carbocycles. The van der Waals surface area contributed by atoms with Crippen molar-refractivity contribution in [3.63, 3.8) is 0 Å². The Balaban J connectivity index is 2.10. The number of aromatic nitrogens is 3. The van der Waals surface area contributed by atoms with Crippen LogP contribution in [0.4, 0.5) is 5.69 Å².